The minimum absolute atomic E-state index is 0.0224. The van der Waals surface area contributed by atoms with Crippen LogP contribution in [0.2, 0.25) is 5.02 Å². The van der Waals surface area contributed by atoms with Gasteiger partial charge in [-0.05, 0) is 24.6 Å². The first-order valence-electron chi connectivity index (χ1n) is 7.31. The standard InChI is InChI=1S/C15H20ClN3O2/c16-11-1-2-14(17)13(9-11)15(20)19-4-3-12(10-19)18-5-7-21-8-6-18/h1-2,9,12H,3-8,10,17H2. The van der Waals surface area contributed by atoms with E-state index in [0.717, 1.165) is 45.8 Å². The van der Waals surface area contributed by atoms with E-state index in [1.165, 1.54) is 0 Å². The maximum Gasteiger partial charge on any atom is 0.256 e. The molecule has 5 nitrogen and oxygen atoms in total. The molecule has 2 fully saturated rings. The molecule has 6 heteroatoms. The van der Waals surface area contributed by atoms with Gasteiger partial charge in [0.25, 0.3) is 5.91 Å². The molecule has 2 saturated heterocycles. The molecule has 0 spiro atoms. The van der Waals surface area contributed by atoms with Gasteiger partial charge in [0.05, 0.1) is 18.8 Å². The Morgan fingerprint density at radius 3 is 2.81 bits per heavy atom. The topological polar surface area (TPSA) is 58.8 Å². The largest absolute Gasteiger partial charge is 0.398 e. The number of carbonyl (C=O) groups excluding carboxylic acids is 1. The Balaban J connectivity index is 1.67. The lowest BCUT2D eigenvalue weighted by Gasteiger charge is -2.32. The van der Waals surface area contributed by atoms with Crippen molar-refractivity contribution in [3.8, 4) is 0 Å². The molecule has 1 aromatic carbocycles. The molecule has 1 aromatic rings. The molecule has 3 rings (SSSR count). The first-order chi connectivity index (χ1) is 10.1. The number of rotatable bonds is 2. The van der Waals surface area contributed by atoms with E-state index < -0.39 is 0 Å². The van der Waals surface area contributed by atoms with Gasteiger partial charge < -0.3 is 15.4 Å². The number of carbonyl (C=O) groups is 1. The van der Waals surface area contributed by atoms with Crippen molar-refractivity contribution in [2.75, 3.05) is 45.1 Å². The molecule has 0 aromatic heterocycles. The van der Waals surface area contributed by atoms with Gasteiger partial charge in [0, 0.05) is 42.9 Å². The van der Waals surface area contributed by atoms with E-state index in [1.54, 1.807) is 18.2 Å². The van der Waals surface area contributed by atoms with Crippen molar-refractivity contribution >= 4 is 23.2 Å². The fourth-order valence-electron chi connectivity index (χ4n) is 3.05. The van der Waals surface area contributed by atoms with Crippen molar-refractivity contribution in [3.05, 3.63) is 28.8 Å². The van der Waals surface area contributed by atoms with Gasteiger partial charge in [-0.25, -0.2) is 0 Å². The smallest absolute Gasteiger partial charge is 0.256 e. The summed E-state index contributed by atoms with van der Waals surface area (Å²) in [6, 6.07) is 5.47. The molecular formula is C15H20ClN3O2. The lowest BCUT2D eigenvalue weighted by Crippen LogP contribution is -2.45. The van der Waals surface area contributed by atoms with Gasteiger partial charge in [0.2, 0.25) is 0 Å². The summed E-state index contributed by atoms with van der Waals surface area (Å²) in [6.45, 7) is 4.99. The second-order valence-corrected chi connectivity index (χ2v) is 6.01. The number of morpholine rings is 1. The number of nitrogens with zero attached hydrogens (tertiary/aromatic N) is 2. The summed E-state index contributed by atoms with van der Waals surface area (Å²) in [7, 11) is 0. The van der Waals surface area contributed by atoms with E-state index in [2.05, 4.69) is 4.90 Å². The highest BCUT2D eigenvalue weighted by Crippen LogP contribution is 2.23. The van der Waals surface area contributed by atoms with Crippen LogP contribution in [0.25, 0.3) is 0 Å². The summed E-state index contributed by atoms with van der Waals surface area (Å²) in [5.74, 6) is -0.0224. The number of benzene rings is 1. The second kappa shape index (κ2) is 6.22. The van der Waals surface area contributed by atoms with E-state index in [4.69, 9.17) is 22.1 Å². The predicted molar refractivity (Wildman–Crippen MR) is 82.6 cm³/mol. The number of nitrogen functional groups attached to an aromatic ring is 1. The van der Waals surface area contributed by atoms with Crippen LogP contribution in [0.1, 0.15) is 16.8 Å². The summed E-state index contributed by atoms with van der Waals surface area (Å²) >= 11 is 5.97. The monoisotopic (exact) mass is 309 g/mol. The van der Waals surface area contributed by atoms with Crippen molar-refractivity contribution in [1.82, 2.24) is 9.80 Å². The molecular weight excluding hydrogens is 290 g/mol. The number of halogens is 1. The normalized spacial score (nSPS) is 23.5. The minimum Gasteiger partial charge on any atom is -0.398 e. The SMILES string of the molecule is Nc1ccc(Cl)cc1C(=O)N1CCC(N2CCOCC2)C1. The van der Waals surface area contributed by atoms with Gasteiger partial charge in [-0.3, -0.25) is 9.69 Å². The molecule has 114 valence electrons. The molecule has 1 amide bonds. The maximum absolute atomic E-state index is 12.6. The Morgan fingerprint density at radius 2 is 2.05 bits per heavy atom. The summed E-state index contributed by atoms with van der Waals surface area (Å²) in [4.78, 5) is 16.9. The van der Waals surface area contributed by atoms with Crippen molar-refractivity contribution in [2.45, 2.75) is 12.5 Å². The van der Waals surface area contributed by atoms with E-state index in [9.17, 15) is 4.79 Å². The van der Waals surface area contributed by atoms with Crippen LogP contribution >= 0.6 is 11.6 Å². The number of nitrogens with two attached hydrogens (primary N) is 1. The van der Waals surface area contributed by atoms with Crippen molar-refractivity contribution in [1.29, 1.82) is 0 Å². The molecule has 2 N–H and O–H groups in total. The third-order valence-corrected chi connectivity index (χ3v) is 4.49. The Morgan fingerprint density at radius 1 is 1.29 bits per heavy atom. The Hall–Kier alpha value is -1.30. The number of amides is 1. The Labute approximate surface area is 129 Å². The third-order valence-electron chi connectivity index (χ3n) is 4.26. The van der Waals surface area contributed by atoms with Crippen LogP contribution < -0.4 is 5.73 Å². The molecule has 2 aliphatic rings. The van der Waals surface area contributed by atoms with Gasteiger partial charge in [-0.1, -0.05) is 11.6 Å². The average molecular weight is 310 g/mol. The highest BCUT2D eigenvalue weighted by Gasteiger charge is 2.32. The number of likely N-dealkylation sites (tertiary alicyclic amines) is 1. The van der Waals surface area contributed by atoms with Gasteiger partial charge in [-0.2, -0.15) is 0 Å². The molecule has 1 atom stereocenters. The first kappa shape index (κ1) is 14.6. The van der Waals surface area contributed by atoms with Gasteiger partial charge in [0.15, 0.2) is 0 Å². The van der Waals surface area contributed by atoms with Crippen molar-refractivity contribution in [2.24, 2.45) is 0 Å². The van der Waals surface area contributed by atoms with E-state index in [0.29, 0.717) is 22.3 Å². The summed E-state index contributed by atoms with van der Waals surface area (Å²) in [6.07, 6.45) is 1.01. The van der Waals surface area contributed by atoms with Gasteiger partial charge in [0.1, 0.15) is 0 Å². The van der Waals surface area contributed by atoms with E-state index >= 15 is 0 Å². The van der Waals surface area contributed by atoms with Gasteiger partial charge in [-0.15, -0.1) is 0 Å². The van der Waals surface area contributed by atoms with Crippen molar-refractivity contribution in [3.63, 3.8) is 0 Å². The van der Waals surface area contributed by atoms with Crippen LogP contribution in [0, 0.1) is 0 Å². The lowest BCUT2D eigenvalue weighted by molar-refractivity contribution is 0.0185. The van der Waals surface area contributed by atoms with Crippen LogP contribution in [-0.4, -0.2) is 61.1 Å². The maximum atomic E-state index is 12.6. The van der Waals surface area contributed by atoms with Gasteiger partial charge >= 0.3 is 0 Å². The molecule has 0 bridgehead atoms. The number of ether oxygens (including phenoxy) is 1. The minimum atomic E-state index is -0.0224. The number of hydrogen-bond acceptors (Lipinski definition) is 4. The number of anilines is 1. The highest BCUT2D eigenvalue weighted by molar-refractivity contribution is 6.31. The fourth-order valence-corrected chi connectivity index (χ4v) is 3.22. The molecule has 0 aliphatic carbocycles. The molecule has 2 heterocycles. The highest BCUT2D eigenvalue weighted by atomic mass is 35.5. The summed E-state index contributed by atoms with van der Waals surface area (Å²) in [5, 5.41) is 0.538. The molecule has 0 radical (unpaired) electrons. The molecule has 0 saturated carbocycles. The molecule has 21 heavy (non-hydrogen) atoms. The third kappa shape index (κ3) is 3.15. The Bertz CT molecular complexity index is 532. The number of hydrogen-bond donors (Lipinski definition) is 1. The average Bonchev–Trinajstić information content (AvgIpc) is 3.00. The lowest BCUT2D eigenvalue weighted by atomic mass is 10.1. The zero-order valence-electron chi connectivity index (χ0n) is 11.9. The molecule has 1 unspecified atom stereocenters. The zero-order valence-corrected chi connectivity index (χ0v) is 12.7. The second-order valence-electron chi connectivity index (χ2n) is 5.57. The Kier molecular flexibility index (Phi) is 4.33. The first-order valence-corrected chi connectivity index (χ1v) is 7.69. The van der Waals surface area contributed by atoms with E-state index in [1.807, 2.05) is 4.90 Å². The zero-order chi connectivity index (χ0) is 14.8. The quantitative estimate of drug-likeness (QED) is 0.841. The summed E-state index contributed by atoms with van der Waals surface area (Å²) in [5.41, 5.74) is 6.89. The van der Waals surface area contributed by atoms with Crippen LogP contribution in [0.5, 0.6) is 0 Å². The van der Waals surface area contributed by atoms with Crippen LogP contribution in [0.3, 0.4) is 0 Å². The van der Waals surface area contributed by atoms with Crippen LogP contribution in [0.15, 0.2) is 18.2 Å². The van der Waals surface area contributed by atoms with Crippen molar-refractivity contribution < 1.29 is 9.53 Å². The van der Waals surface area contributed by atoms with Crippen LogP contribution in [0.4, 0.5) is 5.69 Å². The van der Waals surface area contributed by atoms with E-state index in [-0.39, 0.29) is 5.91 Å². The summed E-state index contributed by atoms with van der Waals surface area (Å²) < 4.78 is 5.38. The fraction of sp³-hybridized carbons (Fsp3) is 0.533. The predicted octanol–water partition coefficient (Wildman–Crippen LogP) is 1.47. The van der Waals surface area contributed by atoms with Crippen LogP contribution in [-0.2, 0) is 4.74 Å². The molecule has 2 aliphatic heterocycles.